The molecule has 0 fully saturated rings. The minimum Gasteiger partial charge on any atom is -0.262 e. The van der Waals surface area contributed by atoms with Crippen molar-refractivity contribution in [2.75, 3.05) is 0 Å². The second-order valence-corrected chi connectivity index (χ2v) is 5.68. The molecule has 0 spiro atoms. The lowest BCUT2D eigenvalue weighted by Crippen LogP contribution is -1.85. The molecule has 0 radical (unpaired) electrons. The highest BCUT2D eigenvalue weighted by Gasteiger charge is 2.10. The lowest BCUT2D eigenvalue weighted by atomic mass is 10.2. The van der Waals surface area contributed by atoms with Crippen LogP contribution in [0.1, 0.15) is 0 Å². The quantitative estimate of drug-likeness (QED) is 0.674. The van der Waals surface area contributed by atoms with E-state index in [1.54, 1.807) is 12.3 Å². The predicted octanol–water partition coefficient (Wildman–Crippen LogP) is 4.77. The van der Waals surface area contributed by atoms with Gasteiger partial charge in [0.2, 0.25) is 0 Å². The summed E-state index contributed by atoms with van der Waals surface area (Å²) in [5.74, 6) is -0.349. The molecule has 0 atom stereocenters. The summed E-state index contributed by atoms with van der Waals surface area (Å²) in [5.41, 5.74) is 2.34. The molecule has 94 valence electrons. The zero-order chi connectivity index (χ0) is 13.2. The normalized spacial score (nSPS) is 10.6. The van der Waals surface area contributed by atoms with Crippen LogP contribution in [0.25, 0.3) is 21.8 Å². The van der Waals surface area contributed by atoms with Crippen molar-refractivity contribution in [2.24, 2.45) is 0 Å². The smallest absolute Gasteiger partial charge is 0.151 e. The molecule has 2 aromatic heterocycles. The van der Waals surface area contributed by atoms with Gasteiger partial charge in [-0.25, -0.2) is 9.37 Å². The Morgan fingerprint density at radius 2 is 2.11 bits per heavy atom. The molecule has 0 unspecified atom stereocenters. The number of nitrogens with zero attached hydrogens (tertiary/aromatic N) is 2. The number of aromatic nitrogens is 2. The summed E-state index contributed by atoms with van der Waals surface area (Å²) in [6, 6.07) is 9.51. The molecule has 2 nitrogen and oxygen atoms in total. The molecule has 0 aliphatic carbocycles. The van der Waals surface area contributed by atoms with Gasteiger partial charge in [-0.3, -0.25) is 4.98 Å². The summed E-state index contributed by atoms with van der Waals surface area (Å²) >= 11 is 4.85. The summed E-state index contributed by atoms with van der Waals surface area (Å²) in [4.78, 5) is 8.23. The molecule has 0 amide bonds. The molecule has 19 heavy (non-hydrogen) atoms. The molecule has 3 rings (SSSR count). The molecule has 0 N–H and O–H groups in total. The number of halogens is 2. The van der Waals surface area contributed by atoms with E-state index in [-0.39, 0.29) is 5.82 Å². The van der Waals surface area contributed by atoms with Crippen LogP contribution >= 0.6 is 27.3 Å². The Kier molecular flexibility index (Phi) is 3.40. The van der Waals surface area contributed by atoms with Gasteiger partial charge in [-0.1, -0.05) is 28.1 Å². The Bertz CT molecular complexity index is 727. The van der Waals surface area contributed by atoms with E-state index in [2.05, 4.69) is 25.9 Å². The van der Waals surface area contributed by atoms with Crippen molar-refractivity contribution < 1.29 is 4.39 Å². The molecule has 0 aliphatic heterocycles. The van der Waals surface area contributed by atoms with Crippen molar-refractivity contribution in [3.05, 3.63) is 58.4 Å². The fourth-order valence-corrected chi connectivity index (χ4v) is 2.98. The molecular formula is C14H8BrFN2S. The summed E-state index contributed by atoms with van der Waals surface area (Å²) in [6.45, 7) is 0. The van der Waals surface area contributed by atoms with E-state index < -0.39 is 0 Å². The summed E-state index contributed by atoms with van der Waals surface area (Å²) in [6.07, 6.45) is 2.77. The molecule has 2 heterocycles. The molecule has 3 aromatic rings. The van der Waals surface area contributed by atoms with Crippen molar-refractivity contribution in [3.8, 4) is 21.8 Å². The Labute approximate surface area is 122 Å². The molecular weight excluding hydrogens is 327 g/mol. The van der Waals surface area contributed by atoms with Gasteiger partial charge >= 0.3 is 0 Å². The van der Waals surface area contributed by atoms with Crippen LogP contribution in [0.2, 0.25) is 0 Å². The minimum atomic E-state index is -0.349. The first-order valence-corrected chi connectivity index (χ1v) is 7.22. The highest BCUT2D eigenvalue weighted by Crippen LogP contribution is 2.30. The topological polar surface area (TPSA) is 25.8 Å². The van der Waals surface area contributed by atoms with Gasteiger partial charge in [0.1, 0.15) is 5.01 Å². The first-order valence-electron chi connectivity index (χ1n) is 5.55. The molecule has 1 aromatic carbocycles. The second kappa shape index (κ2) is 5.19. The maximum Gasteiger partial charge on any atom is 0.151 e. The van der Waals surface area contributed by atoms with Crippen LogP contribution in [0.3, 0.4) is 0 Å². The average molecular weight is 335 g/mol. The van der Waals surface area contributed by atoms with Crippen molar-refractivity contribution in [3.63, 3.8) is 0 Å². The average Bonchev–Trinajstić information content (AvgIpc) is 2.89. The van der Waals surface area contributed by atoms with Gasteiger partial charge in [0.15, 0.2) is 5.82 Å². The third-order valence-corrected chi connectivity index (χ3v) is 4.00. The van der Waals surface area contributed by atoms with Gasteiger partial charge in [0, 0.05) is 27.2 Å². The first-order chi connectivity index (χ1) is 9.24. The van der Waals surface area contributed by atoms with Crippen LogP contribution in [0.15, 0.2) is 52.6 Å². The Morgan fingerprint density at radius 3 is 2.89 bits per heavy atom. The first kappa shape index (κ1) is 12.4. The molecule has 0 saturated carbocycles. The van der Waals surface area contributed by atoms with Crippen molar-refractivity contribution in [1.29, 1.82) is 0 Å². The highest BCUT2D eigenvalue weighted by atomic mass is 79.9. The minimum absolute atomic E-state index is 0.349. The highest BCUT2D eigenvalue weighted by molar-refractivity contribution is 9.10. The van der Waals surface area contributed by atoms with E-state index in [1.807, 2.05) is 29.6 Å². The fraction of sp³-hybridized carbons (Fsp3) is 0. The standard InChI is InChI=1S/C14H8BrFN2S/c15-10-3-1-2-9(6-10)13-8-19-14(18-13)11-4-5-17-7-12(11)16/h1-8H. The van der Waals surface area contributed by atoms with Crippen LogP contribution in [0, 0.1) is 5.82 Å². The Hall–Kier alpha value is -1.59. The van der Waals surface area contributed by atoms with Crippen LogP contribution < -0.4 is 0 Å². The van der Waals surface area contributed by atoms with Gasteiger partial charge < -0.3 is 0 Å². The summed E-state index contributed by atoms with van der Waals surface area (Å²) < 4.78 is 14.6. The van der Waals surface area contributed by atoms with E-state index in [9.17, 15) is 4.39 Å². The van der Waals surface area contributed by atoms with Crippen molar-refractivity contribution in [2.45, 2.75) is 0 Å². The van der Waals surface area contributed by atoms with Gasteiger partial charge in [-0.05, 0) is 18.2 Å². The van der Waals surface area contributed by atoms with Crippen LogP contribution in [-0.2, 0) is 0 Å². The summed E-state index contributed by atoms with van der Waals surface area (Å²) in [7, 11) is 0. The van der Waals surface area contributed by atoms with E-state index in [4.69, 9.17) is 0 Å². The Morgan fingerprint density at radius 1 is 1.21 bits per heavy atom. The monoisotopic (exact) mass is 334 g/mol. The largest absolute Gasteiger partial charge is 0.262 e. The molecule has 0 saturated heterocycles. The number of thiazole rings is 1. The van der Waals surface area contributed by atoms with E-state index in [0.717, 1.165) is 15.7 Å². The van der Waals surface area contributed by atoms with Gasteiger partial charge in [-0.2, -0.15) is 0 Å². The van der Waals surface area contributed by atoms with Gasteiger partial charge in [-0.15, -0.1) is 11.3 Å². The summed E-state index contributed by atoms with van der Waals surface area (Å²) in [5, 5.41) is 2.59. The van der Waals surface area contributed by atoms with E-state index >= 15 is 0 Å². The maximum absolute atomic E-state index is 13.6. The molecule has 5 heteroatoms. The predicted molar refractivity (Wildman–Crippen MR) is 78.4 cm³/mol. The van der Waals surface area contributed by atoms with Crippen molar-refractivity contribution in [1.82, 2.24) is 9.97 Å². The molecule has 0 bridgehead atoms. The van der Waals surface area contributed by atoms with Gasteiger partial charge in [0.05, 0.1) is 11.9 Å². The number of hydrogen-bond acceptors (Lipinski definition) is 3. The number of rotatable bonds is 2. The second-order valence-electron chi connectivity index (χ2n) is 3.90. The fourth-order valence-electron chi connectivity index (χ4n) is 1.73. The lowest BCUT2D eigenvalue weighted by Gasteiger charge is -1.98. The van der Waals surface area contributed by atoms with Crippen molar-refractivity contribution >= 4 is 27.3 Å². The molecule has 0 aliphatic rings. The third-order valence-electron chi connectivity index (χ3n) is 2.63. The number of pyridine rings is 1. The lowest BCUT2D eigenvalue weighted by molar-refractivity contribution is 0.625. The number of benzene rings is 1. The van der Waals surface area contributed by atoms with E-state index in [0.29, 0.717) is 10.6 Å². The van der Waals surface area contributed by atoms with E-state index in [1.165, 1.54) is 17.5 Å². The van der Waals surface area contributed by atoms with Crippen LogP contribution in [0.4, 0.5) is 4.39 Å². The SMILES string of the molecule is Fc1cnccc1-c1nc(-c2cccc(Br)c2)cs1. The zero-order valence-corrected chi connectivity index (χ0v) is 12.1. The van der Waals surface area contributed by atoms with Crippen LogP contribution in [-0.4, -0.2) is 9.97 Å². The van der Waals surface area contributed by atoms with Gasteiger partial charge in [0.25, 0.3) is 0 Å². The van der Waals surface area contributed by atoms with Crippen LogP contribution in [0.5, 0.6) is 0 Å². The third kappa shape index (κ3) is 2.57. The zero-order valence-electron chi connectivity index (χ0n) is 9.68. The maximum atomic E-state index is 13.6. The Balaban J connectivity index is 2.03. The number of hydrogen-bond donors (Lipinski definition) is 0.